The molecule has 5 heteroatoms. The van der Waals surface area contributed by atoms with Crippen molar-refractivity contribution in [2.45, 2.75) is 19.4 Å². The van der Waals surface area contributed by atoms with Crippen LogP contribution in [0.4, 0.5) is 5.82 Å². The van der Waals surface area contributed by atoms with Crippen molar-refractivity contribution < 1.29 is 9.47 Å². The molecule has 112 valence electrons. The zero-order valence-corrected chi connectivity index (χ0v) is 12.6. The van der Waals surface area contributed by atoms with Gasteiger partial charge in [0.15, 0.2) is 11.5 Å². The molecule has 1 atom stereocenters. The average Bonchev–Trinajstić information content (AvgIpc) is 2.49. The Hall–Kier alpha value is -2.27. The quantitative estimate of drug-likeness (QED) is 0.881. The molecule has 0 amide bonds. The molecule has 21 heavy (non-hydrogen) atoms. The lowest BCUT2D eigenvalue weighted by Gasteiger charge is -2.16. The van der Waals surface area contributed by atoms with Crippen molar-refractivity contribution >= 4 is 5.82 Å². The van der Waals surface area contributed by atoms with Gasteiger partial charge in [-0.1, -0.05) is 6.07 Å². The number of nitrogens with two attached hydrogens (primary N) is 2. The molecule has 1 aromatic carbocycles. The molecule has 0 radical (unpaired) electrons. The molecule has 0 aliphatic rings. The summed E-state index contributed by atoms with van der Waals surface area (Å²) in [6.45, 7) is 1.97. The third kappa shape index (κ3) is 3.44. The summed E-state index contributed by atoms with van der Waals surface area (Å²) in [5.41, 5.74) is 15.1. The number of nitrogen functional groups attached to an aromatic ring is 1. The summed E-state index contributed by atoms with van der Waals surface area (Å²) in [7, 11) is 3.23. The van der Waals surface area contributed by atoms with Crippen LogP contribution in [0.2, 0.25) is 0 Å². The third-order valence-electron chi connectivity index (χ3n) is 3.39. The molecule has 0 saturated carbocycles. The second kappa shape index (κ2) is 6.45. The molecule has 0 aliphatic carbocycles. The lowest BCUT2D eigenvalue weighted by Crippen LogP contribution is -2.16. The first-order valence-corrected chi connectivity index (χ1v) is 6.73. The Morgan fingerprint density at radius 3 is 2.52 bits per heavy atom. The first-order valence-electron chi connectivity index (χ1n) is 6.73. The van der Waals surface area contributed by atoms with Crippen LogP contribution in [0.1, 0.15) is 22.7 Å². The maximum atomic E-state index is 6.27. The van der Waals surface area contributed by atoms with Gasteiger partial charge in [-0.05, 0) is 42.7 Å². The normalized spacial score (nSPS) is 12.0. The number of anilines is 1. The predicted molar refractivity (Wildman–Crippen MR) is 83.6 cm³/mol. The van der Waals surface area contributed by atoms with E-state index in [-0.39, 0.29) is 6.04 Å². The number of nitrogens with zero attached hydrogens (tertiary/aromatic N) is 1. The van der Waals surface area contributed by atoms with Gasteiger partial charge in [0.05, 0.1) is 14.2 Å². The molecule has 0 bridgehead atoms. The molecule has 0 saturated heterocycles. The lowest BCUT2D eigenvalue weighted by atomic mass is 9.99. The van der Waals surface area contributed by atoms with Gasteiger partial charge < -0.3 is 20.9 Å². The van der Waals surface area contributed by atoms with Crippen molar-refractivity contribution in [2.24, 2.45) is 5.73 Å². The molecule has 1 unspecified atom stereocenters. The van der Waals surface area contributed by atoms with E-state index in [0.29, 0.717) is 23.7 Å². The van der Waals surface area contributed by atoms with E-state index in [1.807, 2.05) is 31.2 Å². The van der Waals surface area contributed by atoms with Crippen molar-refractivity contribution in [3.8, 4) is 11.5 Å². The van der Waals surface area contributed by atoms with Gasteiger partial charge in [-0.25, -0.2) is 4.98 Å². The summed E-state index contributed by atoms with van der Waals surface area (Å²) in [5, 5.41) is 0. The zero-order valence-electron chi connectivity index (χ0n) is 12.6. The summed E-state index contributed by atoms with van der Waals surface area (Å²) in [6, 6.07) is 7.54. The first kappa shape index (κ1) is 15.1. The Labute approximate surface area is 124 Å². The smallest absolute Gasteiger partial charge is 0.160 e. The number of hydrogen-bond acceptors (Lipinski definition) is 5. The van der Waals surface area contributed by atoms with Gasteiger partial charge in [-0.3, -0.25) is 0 Å². The Bertz CT molecular complexity index is 629. The largest absolute Gasteiger partial charge is 0.493 e. The fourth-order valence-electron chi connectivity index (χ4n) is 2.27. The van der Waals surface area contributed by atoms with E-state index in [1.54, 1.807) is 20.4 Å². The van der Waals surface area contributed by atoms with Crippen molar-refractivity contribution in [3.05, 3.63) is 47.2 Å². The molecular weight excluding hydrogens is 266 g/mol. The van der Waals surface area contributed by atoms with Gasteiger partial charge in [0.2, 0.25) is 0 Å². The second-order valence-corrected chi connectivity index (χ2v) is 4.99. The van der Waals surface area contributed by atoms with Crippen LogP contribution in [0.5, 0.6) is 11.5 Å². The first-order chi connectivity index (χ1) is 10.0. The molecule has 1 heterocycles. The van der Waals surface area contributed by atoms with Gasteiger partial charge in [0.1, 0.15) is 5.82 Å². The van der Waals surface area contributed by atoms with Crippen LogP contribution in [-0.2, 0) is 6.42 Å². The lowest BCUT2D eigenvalue weighted by molar-refractivity contribution is 0.354. The van der Waals surface area contributed by atoms with Crippen LogP contribution in [0, 0.1) is 6.92 Å². The van der Waals surface area contributed by atoms with Crippen LogP contribution in [-0.4, -0.2) is 19.2 Å². The van der Waals surface area contributed by atoms with Gasteiger partial charge in [0.25, 0.3) is 0 Å². The number of rotatable bonds is 5. The Morgan fingerprint density at radius 1 is 1.14 bits per heavy atom. The van der Waals surface area contributed by atoms with Crippen molar-refractivity contribution in [2.75, 3.05) is 20.0 Å². The molecule has 2 rings (SSSR count). The molecule has 0 aliphatic heterocycles. The van der Waals surface area contributed by atoms with E-state index in [1.165, 1.54) is 0 Å². The number of aryl methyl sites for hydroxylation is 1. The topological polar surface area (TPSA) is 83.4 Å². The summed E-state index contributed by atoms with van der Waals surface area (Å²) < 4.78 is 10.5. The number of ether oxygens (including phenoxy) is 2. The van der Waals surface area contributed by atoms with E-state index in [0.717, 1.165) is 16.7 Å². The van der Waals surface area contributed by atoms with Gasteiger partial charge in [-0.2, -0.15) is 0 Å². The molecule has 5 nitrogen and oxygen atoms in total. The number of hydrogen-bond donors (Lipinski definition) is 2. The molecule has 2 aromatic rings. The third-order valence-corrected chi connectivity index (χ3v) is 3.39. The second-order valence-electron chi connectivity index (χ2n) is 4.99. The van der Waals surface area contributed by atoms with Crippen LogP contribution in [0.15, 0.2) is 30.5 Å². The van der Waals surface area contributed by atoms with E-state index >= 15 is 0 Å². The van der Waals surface area contributed by atoms with Crippen LogP contribution in [0.25, 0.3) is 0 Å². The standard InChI is InChI=1S/C16H21N3O2/c1-10-6-12(16(18)19-9-10)13(17)7-11-4-5-14(20-2)15(8-11)21-3/h4-6,8-9,13H,7,17H2,1-3H3,(H2,18,19). The molecule has 1 aromatic heterocycles. The van der Waals surface area contributed by atoms with Gasteiger partial charge >= 0.3 is 0 Å². The van der Waals surface area contributed by atoms with Crippen LogP contribution in [0.3, 0.4) is 0 Å². The predicted octanol–water partition coefficient (Wildman–Crippen LogP) is 2.23. The van der Waals surface area contributed by atoms with E-state index in [2.05, 4.69) is 4.98 Å². The number of benzene rings is 1. The number of methoxy groups -OCH3 is 2. The van der Waals surface area contributed by atoms with Crippen molar-refractivity contribution in [3.63, 3.8) is 0 Å². The molecule has 0 spiro atoms. The monoisotopic (exact) mass is 287 g/mol. The molecular formula is C16H21N3O2. The highest BCUT2D eigenvalue weighted by Gasteiger charge is 2.13. The summed E-state index contributed by atoms with van der Waals surface area (Å²) >= 11 is 0. The zero-order chi connectivity index (χ0) is 15.4. The minimum absolute atomic E-state index is 0.212. The van der Waals surface area contributed by atoms with E-state index < -0.39 is 0 Å². The molecule has 4 N–H and O–H groups in total. The van der Waals surface area contributed by atoms with Crippen molar-refractivity contribution in [1.29, 1.82) is 0 Å². The highest BCUT2D eigenvalue weighted by Crippen LogP contribution is 2.29. The summed E-state index contributed by atoms with van der Waals surface area (Å²) in [5.74, 6) is 1.87. The van der Waals surface area contributed by atoms with Gasteiger partial charge in [0, 0.05) is 17.8 Å². The van der Waals surface area contributed by atoms with E-state index in [4.69, 9.17) is 20.9 Å². The van der Waals surface area contributed by atoms with Crippen molar-refractivity contribution in [1.82, 2.24) is 4.98 Å². The summed E-state index contributed by atoms with van der Waals surface area (Å²) in [4.78, 5) is 4.16. The van der Waals surface area contributed by atoms with Crippen LogP contribution < -0.4 is 20.9 Å². The maximum absolute atomic E-state index is 6.27. The Kier molecular flexibility index (Phi) is 4.65. The number of aromatic nitrogens is 1. The fraction of sp³-hybridized carbons (Fsp3) is 0.312. The van der Waals surface area contributed by atoms with Gasteiger partial charge in [-0.15, -0.1) is 0 Å². The summed E-state index contributed by atoms with van der Waals surface area (Å²) in [6.07, 6.45) is 2.39. The average molecular weight is 287 g/mol. The minimum atomic E-state index is -0.212. The Morgan fingerprint density at radius 2 is 1.86 bits per heavy atom. The SMILES string of the molecule is COc1ccc(CC(N)c2cc(C)cnc2N)cc1OC. The fourth-order valence-corrected chi connectivity index (χ4v) is 2.27. The maximum Gasteiger partial charge on any atom is 0.160 e. The van der Waals surface area contributed by atoms with Crippen LogP contribution >= 0.6 is 0 Å². The van der Waals surface area contributed by atoms with E-state index in [9.17, 15) is 0 Å². The number of pyridine rings is 1. The highest BCUT2D eigenvalue weighted by atomic mass is 16.5. The molecule has 0 fully saturated rings. The Balaban J connectivity index is 2.23. The minimum Gasteiger partial charge on any atom is -0.493 e. The highest BCUT2D eigenvalue weighted by molar-refractivity contribution is 5.46.